The third-order valence-corrected chi connectivity index (χ3v) is 5.21. The second-order valence-corrected chi connectivity index (χ2v) is 6.45. The molecule has 1 amide bonds. The highest BCUT2D eigenvalue weighted by atomic mass is 16.5. The van der Waals surface area contributed by atoms with Crippen molar-refractivity contribution in [2.75, 3.05) is 39.4 Å². The molecule has 3 fully saturated rings. The first-order valence-corrected chi connectivity index (χ1v) is 7.69. The number of carbonyl (C=O) groups excluding carboxylic acids is 1. The number of amides is 1. The molecule has 0 aromatic rings. The minimum Gasteiger partial charge on any atom is -0.379 e. The number of ether oxygens (including phenoxy) is 1. The van der Waals surface area contributed by atoms with Crippen molar-refractivity contribution in [3.8, 4) is 6.07 Å². The van der Waals surface area contributed by atoms with Crippen LogP contribution in [0.2, 0.25) is 0 Å². The quantitative estimate of drug-likeness (QED) is 0.751. The first-order chi connectivity index (χ1) is 9.66. The molecule has 1 aliphatic carbocycles. The van der Waals surface area contributed by atoms with Gasteiger partial charge in [-0.15, -0.1) is 0 Å². The lowest BCUT2D eigenvalue weighted by molar-refractivity contribution is -0.142. The zero-order chi connectivity index (χ0) is 14.2. The molecule has 0 N–H and O–H groups in total. The van der Waals surface area contributed by atoms with E-state index < -0.39 is 5.41 Å². The largest absolute Gasteiger partial charge is 0.379 e. The maximum absolute atomic E-state index is 12.6. The van der Waals surface area contributed by atoms with Crippen LogP contribution in [0, 0.1) is 22.7 Å². The van der Waals surface area contributed by atoms with Crippen LogP contribution < -0.4 is 0 Å². The van der Waals surface area contributed by atoms with Crippen LogP contribution in [-0.2, 0) is 9.53 Å². The molecule has 2 saturated heterocycles. The summed E-state index contributed by atoms with van der Waals surface area (Å²) in [4.78, 5) is 17.0. The summed E-state index contributed by atoms with van der Waals surface area (Å²) in [7, 11) is 0. The Bertz CT molecular complexity index is 421. The molecule has 0 radical (unpaired) electrons. The number of hydrogen-bond acceptors (Lipinski definition) is 4. The molecule has 0 aromatic carbocycles. The van der Waals surface area contributed by atoms with Crippen LogP contribution in [0.1, 0.15) is 26.2 Å². The normalized spacial score (nSPS) is 33.5. The SMILES string of the molecule is C[C@H]1CN(C(=O)C2(C#N)CCC2)C[C@H]1N1CCOCC1. The van der Waals surface area contributed by atoms with Gasteiger partial charge >= 0.3 is 0 Å². The van der Waals surface area contributed by atoms with Gasteiger partial charge in [0.15, 0.2) is 0 Å². The number of rotatable bonds is 2. The van der Waals surface area contributed by atoms with Gasteiger partial charge in [0.05, 0.1) is 19.3 Å². The maximum Gasteiger partial charge on any atom is 0.243 e. The van der Waals surface area contributed by atoms with E-state index in [0.717, 1.165) is 58.7 Å². The number of nitrogens with zero attached hydrogens (tertiary/aromatic N) is 3. The van der Waals surface area contributed by atoms with Gasteiger partial charge in [-0.1, -0.05) is 6.92 Å². The summed E-state index contributed by atoms with van der Waals surface area (Å²) in [5.41, 5.74) is -0.695. The molecule has 0 bridgehead atoms. The van der Waals surface area contributed by atoms with Crippen molar-refractivity contribution in [2.45, 2.75) is 32.2 Å². The van der Waals surface area contributed by atoms with Gasteiger partial charge in [0, 0.05) is 32.2 Å². The molecule has 0 spiro atoms. The topological polar surface area (TPSA) is 56.6 Å². The summed E-state index contributed by atoms with van der Waals surface area (Å²) < 4.78 is 5.40. The average Bonchev–Trinajstić information content (AvgIpc) is 2.81. The molecule has 0 unspecified atom stereocenters. The second-order valence-electron chi connectivity index (χ2n) is 6.45. The third kappa shape index (κ3) is 2.21. The van der Waals surface area contributed by atoms with Gasteiger partial charge in [0.1, 0.15) is 5.41 Å². The average molecular weight is 277 g/mol. The number of morpholine rings is 1. The van der Waals surface area contributed by atoms with Crippen molar-refractivity contribution in [3.63, 3.8) is 0 Å². The Hall–Kier alpha value is -1.12. The molecule has 0 aromatic heterocycles. The molecule has 3 aliphatic rings. The van der Waals surface area contributed by atoms with E-state index in [-0.39, 0.29) is 5.91 Å². The standard InChI is InChI=1S/C15H23N3O2/c1-12-9-18(14(19)15(11-16)3-2-4-15)10-13(12)17-5-7-20-8-6-17/h12-13H,2-10H2,1H3/t12-,13+/m0/s1. The molecule has 110 valence electrons. The number of carbonyl (C=O) groups is 1. The Kier molecular flexibility index (Phi) is 3.70. The summed E-state index contributed by atoms with van der Waals surface area (Å²) in [6, 6.07) is 2.71. The predicted molar refractivity (Wildman–Crippen MR) is 73.8 cm³/mol. The van der Waals surface area contributed by atoms with E-state index in [9.17, 15) is 10.1 Å². The van der Waals surface area contributed by atoms with Gasteiger partial charge in [-0.25, -0.2) is 0 Å². The van der Waals surface area contributed by atoms with Crippen molar-refractivity contribution in [1.29, 1.82) is 5.26 Å². The second kappa shape index (κ2) is 5.34. The van der Waals surface area contributed by atoms with E-state index in [4.69, 9.17) is 4.74 Å². The van der Waals surface area contributed by atoms with Crippen molar-refractivity contribution >= 4 is 5.91 Å². The van der Waals surface area contributed by atoms with Crippen molar-refractivity contribution in [3.05, 3.63) is 0 Å². The molecule has 2 atom stereocenters. The maximum atomic E-state index is 12.6. The molecule has 2 heterocycles. The van der Waals surface area contributed by atoms with E-state index in [1.165, 1.54) is 0 Å². The molecule has 3 rings (SSSR count). The van der Waals surface area contributed by atoms with Crippen molar-refractivity contribution in [2.24, 2.45) is 11.3 Å². The molecular weight excluding hydrogens is 254 g/mol. The van der Waals surface area contributed by atoms with Crippen LogP contribution in [0.3, 0.4) is 0 Å². The minimum atomic E-state index is -0.695. The summed E-state index contributed by atoms with van der Waals surface area (Å²) in [6.07, 6.45) is 2.50. The highest BCUT2D eigenvalue weighted by molar-refractivity contribution is 5.86. The van der Waals surface area contributed by atoms with Gasteiger partial charge in [0.25, 0.3) is 0 Å². The molecule has 5 nitrogen and oxygen atoms in total. The minimum absolute atomic E-state index is 0.0776. The third-order valence-electron chi connectivity index (χ3n) is 5.21. The van der Waals surface area contributed by atoms with E-state index in [0.29, 0.717) is 12.0 Å². The highest BCUT2D eigenvalue weighted by Crippen LogP contribution is 2.43. The number of hydrogen-bond donors (Lipinski definition) is 0. The Morgan fingerprint density at radius 2 is 2.00 bits per heavy atom. The Morgan fingerprint density at radius 1 is 1.30 bits per heavy atom. The lowest BCUT2D eigenvalue weighted by Crippen LogP contribution is -2.49. The highest BCUT2D eigenvalue weighted by Gasteiger charge is 2.49. The lowest BCUT2D eigenvalue weighted by atomic mass is 9.69. The first kappa shape index (κ1) is 13.8. The Labute approximate surface area is 120 Å². The zero-order valence-corrected chi connectivity index (χ0v) is 12.2. The van der Waals surface area contributed by atoms with Crippen molar-refractivity contribution < 1.29 is 9.53 Å². The van der Waals surface area contributed by atoms with Crippen LogP contribution >= 0.6 is 0 Å². The number of nitriles is 1. The van der Waals surface area contributed by atoms with Gasteiger partial charge in [-0.3, -0.25) is 9.69 Å². The lowest BCUT2D eigenvalue weighted by Gasteiger charge is -2.37. The van der Waals surface area contributed by atoms with Gasteiger partial charge in [-0.2, -0.15) is 5.26 Å². The molecule has 20 heavy (non-hydrogen) atoms. The molecule has 1 saturated carbocycles. The summed E-state index contributed by atoms with van der Waals surface area (Å²) in [6.45, 7) is 7.29. The smallest absolute Gasteiger partial charge is 0.243 e. The van der Waals surface area contributed by atoms with Crippen LogP contribution in [-0.4, -0.2) is 61.1 Å². The Balaban J connectivity index is 1.65. The summed E-state index contributed by atoms with van der Waals surface area (Å²) in [5.74, 6) is 0.557. The Morgan fingerprint density at radius 3 is 2.55 bits per heavy atom. The fourth-order valence-corrected chi connectivity index (χ4v) is 3.71. The predicted octanol–water partition coefficient (Wildman–Crippen LogP) is 0.859. The summed E-state index contributed by atoms with van der Waals surface area (Å²) >= 11 is 0. The zero-order valence-electron chi connectivity index (χ0n) is 12.2. The van der Waals surface area contributed by atoms with E-state index in [1.54, 1.807) is 0 Å². The van der Waals surface area contributed by atoms with E-state index >= 15 is 0 Å². The van der Waals surface area contributed by atoms with Gasteiger partial charge < -0.3 is 9.64 Å². The van der Waals surface area contributed by atoms with E-state index in [1.807, 2.05) is 4.90 Å². The first-order valence-electron chi connectivity index (χ1n) is 7.69. The van der Waals surface area contributed by atoms with Crippen molar-refractivity contribution in [1.82, 2.24) is 9.80 Å². The molecule has 2 aliphatic heterocycles. The summed E-state index contributed by atoms with van der Waals surface area (Å²) in [5, 5.41) is 9.32. The van der Waals surface area contributed by atoms with Gasteiger partial charge in [-0.05, 0) is 25.2 Å². The van der Waals surface area contributed by atoms with Crippen LogP contribution in [0.5, 0.6) is 0 Å². The number of likely N-dealkylation sites (tertiary alicyclic amines) is 1. The van der Waals surface area contributed by atoms with Crippen LogP contribution in [0.25, 0.3) is 0 Å². The van der Waals surface area contributed by atoms with E-state index in [2.05, 4.69) is 17.9 Å². The van der Waals surface area contributed by atoms with Crippen LogP contribution in [0.15, 0.2) is 0 Å². The fourth-order valence-electron chi connectivity index (χ4n) is 3.71. The molecule has 5 heteroatoms. The monoisotopic (exact) mass is 277 g/mol. The molecular formula is C15H23N3O2. The van der Waals surface area contributed by atoms with Crippen LogP contribution in [0.4, 0.5) is 0 Å². The van der Waals surface area contributed by atoms with Gasteiger partial charge in [0.2, 0.25) is 5.91 Å². The fraction of sp³-hybridized carbons (Fsp3) is 0.867.